The first-order chi connectivity index (χ1) is 9.13. The fraction of sp³-hybridized carbons (Fsp3) is 0.462. The summed E-state index contributed by atoms with van der Waals surface area (Å²) in [4.78, 5) is 13.9. The Morgan fingerprint density at radius 3 is 2.79 bits per heavy atom. The lowest BCUT2D eigenvalue weighted by molar-refractivity contribution is -0.0198. The minimum Gasteiger partial charge on any atom is -0.507 e. The molecule has 1 aliphatic rings. The summed E-state index contributed by atoms with van der Waals surface area (Å²) in [6.45, 7) is 1.99. The lowest BCUT2D eigenvalue weighted by Crippen LogP contribution is -2.48. The number of ether oxygens (including phenoxy) is 1. The zero-order chi connectivity index (χ0) is 13.8. The van der Waals surface area contributed by atoms with Crippen LogP contribution in [-0.2, 0) is 4.74 Å². The van der Waals surface area contributed by atoms with E-state index in [9.17, 15) is 15.0 Å². The summed E-state index contributed by atoms with van der Waals surface area (Å²) in [5.41, 5.74) is -0.0485. The zero-order valence-electron chi connectivity index (χ0n) is 10.8. The molecule has 0 bridgehead atoms. The summed E-state index contributed by atoms with van der Waals surface area (Å²) in [6, 6.07) is 4.27. The fourth-order valence-corrected chi connectivity index (χ4v) is 2.16. The molecule has 1 atom stereocenters. The van der Waals surface area contributed by atoms with Crippen LogP contribution in [0.1, 0.15) is 10.4 Å². The summed E-state index contributed by atoms with van der Waals surface area (Å²) in [5, 5.41) is 22.4. The van der Waals surface area contributed by atoms with Gasteiger partial charge in [0.1, 0.15) is 17.1 Å². The molecule has 1 aromatic carbocycles. The van der Waals surface area contributed by atoms with Crippen LogP contribution in [0.3, 0.4) is 0 Å². The van der Waals surface area contributed by atoms with Crippen LogP contribution in [0.25, 0.3) is 0 Å². The van der Waals surface area contributed by atoms with Gasteiger partial charge in [-0.05, 0) is 19.2 Å². The number of hydrogen-bond donors (Lipinski definition) is 3. The number of aromatic hydroxyl groups is 2. The van der Waals surface area contributed by atoms with Gasteiger partial charge >= 0.3 is 0 Å². The lowest BCUT2D eigenvalue weighted by atomic mass is 10.1. The van der Waals surface area contributed by atoms with E-state index in [1.807, 2.05) is 7.05 Å². The van der Waals surface area contributed by atoms with Crippen molar-refractivity contribution in [3.63, 3.8) is 0 Å². The first kappa shape index (κ1) is 13.6. The molecule has 1 saturated heterocycles. The van der Waals surface area contributed by atoms with Crippen LogP contribution in [0.15, 0.2) is 18.2 Å². The molecule has 0 aromatic heterocycles. The van der Waals surface area contributed by atoms with Gasteiger partial charge in [0.25, 0.3) is 5.91 Å². The highest BCUT2D eigenvalue weighted by Crippen LogP contribution is 2.28. The van der Waals surface area contributed by atoms with E-state index in [0.717, 1.165) is 0 Å². The fourth-order valence-electron chi connectivity index (χ4n) is 2.16. The van der Waals surface area contributed by atoms with Crippen LogP contribution in [0.2, 0.25) is 0 Å². The molecule has 1 fully saturated rings. The van der Waals surface area contributed by atoms with Crippen molar-refractivity contribution in [1.82, 2.24) is 10.2 Å². The Morgan fingerprint density at radius 1 is 1.47 bits per heavy atom. The highest BCUT2D eigenvalue weighted by atomic mass is 16.5. The molecule has 1 aliphatic heterocycles. The second-order valence-corrected chi connectivity index (χ2v) is 4.47. The highest BCUT2D eigenvalue weighted by molar-refractivity contribution is 5.99. The van der Waals surface area contributed by atoms with Crippen molar-refractivity contribution < 1.29 is 19.7 Å². The van der Waals surface area contributed by atoms with Crippen molar-refractivity contribution in [2.75, 3.05) is 33.3 Å². The molecular weight excluding hydrogens is 248 g/mol. The van der Waals surface area contributed by atoms with Gasteiger partial charge in [0.15, 0.2) is 0 Å². The Morgan fingerprint density at radius 2 is 2.16 bits per heavy atom. The normalized spacial score (nSPS) is 19.4. The molecule has 1 unspecified atom stereocenters. The quantitative estimate of drug-likeness (QED) is 0.726. The maximum Gasteiger partial charge on any atom is 0.261 e. The predicted octanol–water partition coefficient (Wildman–Crippen LogP) is 0.158. The predicted molar refractivity (Wildman–Crippen MR) is 69.3 cm³/mol. The summed E-state index contributed by atoms with van der Waals surface area (Å²) in [5.74, 6) is -0.789. The monoisotopic (exact) mass is 266 g/mol. The van der Waals surface area contributed by atoms with Crippen molar-refractivity contribution in [1.29, 1.82) is 0 Å². The zero-order valence-corrected chi connectivity index (χ0v) is 10.8. The number of phenolic OH excluding ortho intramolecular Hbond substituents is 2. The molecule has 6 nitrogen and oxygen atoms in total. The van der Waals surface area contributed by atoms with Gasteiger partial charge in [-0.25, -0.2) is 0 Å². The van der Waals surface area contributed by atoms with Crippen molar-refractivity contribution in [2.24, 2.45) is 0 Å². The highest BCUT2D eigenvalue weighted by Gasteiger charge is 2.27. The molecule has 0 spiro atoms. The van der Waals surface area contributed by atoms with Crippen molar-refractivity contribution in [3.8, 4) is 11.5 Å². The van der Waals surface area contributed by atoms with E-state index >= 15 is 0 Å². The van der Waals surface area contributed by atoms with Gasteiger partial charge in [-0.15, -0.1) is 0 Å². The Bertz CT molecular complexity index is 442. The maximum absolute atomic E-state index is 12.3. The molecule has 1 amide bonds. The number of carbonyl (C=O) groups is 1. The minimum absolute atomic E-state index is 0.0485. The number of phenols is 2. The molecule has 6 heteroatoms. The maximum atomic E-state index is 12.3. The molecule has 19 heavy (non-hydrogen) atoms. The number of morpholine rings is 1. The molecule has 1 heterocycles. The molecule has 0 aliphatic carbocycles. The van der Waals surface area contributed by atoms with Gasteiger partial charge in [0, 0.05) is 19.6 Å². The summed E-state index contributed by atoms with van der Waals surface area (Å²) in [6.07, 6.45) is -0.0734. The summed E-state index contributed by atoms with van der Waals surface area (Å²) >= 11 is 0. The van der Waals surface area contributed by atoms with Crippen molar-refractivity contribution >= 4 is 5.91 Å². The van der Waals surface area contributed by atoms with E-state index in [0.29, 0.717) is 26.2 Å². The smallest absolute Gasteiger partial charge is 0.261 e. The third-order valence-corrected chi connectivity index (χ3v) is 3.09. The van der Waals surface area contributed by atoms with Gasteiger partial charge in [-0.1, -0.05) is 6.07 Å². The average molecular weight is 266 g/mol. The molecule has 0 radical (unpaired) electrons. The number of likely N-dealkylation sites (N-methyl/N-ethyl adjacent to an activating group) is 1. The van der Waals surface area contributed by atoms with E-state index in [1.165, 1.54) is 18.2 Å². The standard InChI is InChI=1S/C13H18N2O4/c1-14-7-9-8-15(5-6-19-9)13(18)12-10(16)3-2-4-11(12)17/h2-4,9,14,16-17H,5-8H2,1H3. The van der Waals surface area contributed by atoms with E-state index in [1.54, 1.807) is 4.90 Å². The van der Waals surface area contributed by atoms with Gasteiger partial charge in [-0.3, -0.25) is 4.79 Å². The molecule has 1 aromatic rings. The number of nitrogens with one attached hydrogen (secondary N) is 1. The van der Waals surface area contributed by atoms with Gasteiger partial charge < -0.3 is 25.2 Å². The Labute approximate surface area is 111 Å². The van der Waals surface area contributed by atoms with Crippen molar-refractivity contribution in [2.45, 2.75) is 6.10 Å². The Kier molecular flexibility index (Phi) is 4.24. The molecule has 2 rings (SSSR count). The molecule has 0 saturated carbocycles. The van der Waals surface area contributed by atoms with Gasteiger partial charge in [-0.2, -0.15) is 0 Å². The van der Waals surface area contributed by atoms with E-state index < -0.39 is 0 Å². The number of hydrogen-bond acceptors (Lipinski definition) is 5. The van der Waals surface area contributed by atoms with Crippen LogP contribution in [-0.4, -0.2) is 60.4 Å². The van der Waals surface area contributed by atoms with Gasteiger partial charge in [0.2, 0.25) is 0 Å². The number of benzene rings is 1. The third-order valence-electron chi connectivity index (χ3n) is 3.09. The molecule has 3 N–H and O–H groups in total. The van der Waals surface area contributed by atoms with E-state index in [2.05, 4.69) is 5.32 Å². The summed E-state index contributed by atoms with van der Waals surface area (Å²) in [7, 11) is 1.82. The Balaban J connectivity index is 2.15. The topological polar surface area (TPSA) is 82.0 Å². The SMILES string of the molecule is CNCC1CN(C(=O)c2c(O)cccc2O)CCO1. The minimum atomic E-state index is -0.375. The largest absolute Gasteiger partial charge is 0.507 e. The average Bonchev–Trinajstić information content (AvgIpc) is 2.39. The van der Waals surface area contributed by atoms with E-state index in [-0.39, 0.29) is 29.1 Å². The number of carbonyl (C=O) groups excluding carboxylic acids is 1. The van der Waals surface area contributed by atoms with Gasteiger partial charge in [0.05, 0.1) is 12.7 Å². The number of nitrogens with zero attached hydrogens (tertiary/aromatic N) is 1. The third kappa shape index (κ3) is 2.97. The lowest BCUT2D eigenvalue weighted by Gasteiger charge is -2.33. The second kappa shape index (κ2) is 5.90. The number of rotatable bonds is 3. The van der Waals surface area contributed by atoms with Crippen LogP contribution in [0.5, 0.6) is 11.5 Å². The van der Waals surface area contributed by atoms with Crippen LogP contribution < -0.4 is 5.32 Å². The van der Waals surface area contributed by atoms with Crippen LogP contribution in [0, 0.1) is 0 Å². The summed E-state index contributed by atoms with van der Waals surface area (Å²) < 4.78 is 5.51. The number of amides is 1. The first-order valence-corrected chi connectivity index (χ1v) is 6.20. The first-order valence-electron chi connectivity index (χ1n) is 6.20. The van der Waals surface area contributed by atoms with Crippen LogP contribution in [0.4, 0.5) is 0 Å². The second-order valence-electron chi connectivity index (χ2n) is 4.47. The van der Waals surface area contributed by atoms with Crippen molar-refractivity contribution in [3.05, 3.63) is 23.8 Å². The molecular formula is C13H18N2O4. The van der Waals surface area contributed by atoms with E-state index in [4.69, 9.17) is 4.74 Å². The van der Waals surface area contributed by atoms with Crippen LogP contribution >= 0.6 is 0 Å². The molecule has 104 valence electrons. The Hall–Kier alpha value is -1.79.